The molecule has 0 atom stereocenters. The Balaban J connectivity index is 1.19. The molecule has 0 spiro atoms. The molecule has 0 unspecified atom stereocenters. The highest BCUT2D eigenvalue weighted by molar-refractivity contribution is 5.91. The SMILES string of the molecule is O=C(NCCOc1cccc2c1CCCC2)N1CCN(C(=O)c2ccco2)CC1. The van der Waals surface area contributed by atoms with Gasteiger partial charge in [-0.1, -0.05) is 12.1 Å². The van der Waals surface area contributed by atoms with Crippen molar-refractivity contribution in [1.82, 2.24) is 15.1 Å². The Kier molecular flexibility index (Phi) is 6.03. The van der Waals surface area contributed by atoms with Gasteiger partial charge in [-0.05, 0) is 55.0 Å². The van der Waals surface area contributed by atoms with Crippen molar-refractivity contribution in [2.75, 3.05) is 39.3 Å². The van der Waals surface area contributed by atoms with Crippen LogP contribution in [0.15, 0.2) is 41.0 Å². The van der Waals surface area contributed by atoms with E-state index in [-0.39, 0.29) is 11.9 Å². The largest absolute Gasteiger partial charge is 0.491 e. The second kappa shape index (κ2) is 9.03. The number of carbonyl (C=O) groups is 2. The first kappa shape index (κ1) is 19.4. The fourth-order valence-electron chi connectivity index (χ4n) is 3.98. The van der Waals surface area contributed by atoms with E-state index in [0.29, 0.717) is 45.1 Å². The summed E-state index contributed by atoms with van der Waals surface area (Å²) in [5, 5.41) is 2.91. The summed E-state index contributed by atoms with van der Waals surface area (Å²) in [5.41, 5.74) is 2.71. The molecule has 2 heterocycles. The lowest BCUT2D eigenvalue weighted by atomic mass is 9.91. The standard InChI is InChI=1S/C22H27N3O4/c26-21(20-9-4-15-28-20)24-11-13-25(14-12-24)22(27)23-10-16-29-19-8-3-6-17-5-1-2-7-18(17)19/h3-4,6,8-9,15H,1-2,5,7,10-14,16H2,(H,23,27). The smallest absolute Gasteiger partial charge is 0.317 e. The summed E-state index contributed by atoms with van der Waals surface area (Å²) in [4.78, 5) is 28.1. The third kappa shape index (κ3) is 4.55. The van der Waals surface area contributed by atoms with Crippen molar-refractivity contribution in [1.29, 1.82) is 0 Å². The first-order chi connectivity index (χ1) is 14.2. The summed E-state index contributed by atoms with van der Waals surface area (Å²) in [6.07, 6.45) is 6.13. The Labute approximate surface area is 170 Å². The lowest BCUT2D eigenvalue weighted by Gasteiger charge is -2.34. The van der Waals surface area contributed by atoms with E-state index in [1.807, 2.05) is 12.1 Å². The molecule has 3 amide bonds. The van der Waals surface area contributed by atoms with Gasteiger partial charge in [0, 0.05) is 26.2 Å². The molecule has 1 aliphatic heterocycles. The number of hydrogen-bond acceptors (Lipinski definition) is 4. The fourth-order valence-corrected chi connectivity index (χ4v) is 3.98. The maximum Gasteiger partial charge on any atom is 0.317 e. The van der Waals surface area contributed by atoms with Crippen molar-refractivity contribution < 1.29 is 18.7 Å². The summed E-state index contributed by atoms with van der Waals surface area (Å²) in [5.74, 6) is 1.15. The molecule has 1 aliphatic carbocycles. The molecule has 2 aliphatic rings. The topological polar surface area (TPSA) is 75.0 Å². The predicted octanol–water partition coefficient (Wildman–Crippen LogP) is 2.70. The minimum atomic E-state index is -0.130. The normalized spacial score (nSPS) is 16.3. The second-order valence-electron chi connectivity index (χ2n) is 7.44. The highest BCUT2D eigenvalue weighted by Gasteiger charge is 2.25. The maximum absolute atomic E-state index is 12.4. The van der Waals surface area contributed by atoms with Crippen molar-refractivity contribution >= 4 is 11.9 Å². The molecule has 154 valence electrons. The van der Waals surface area contributed by atoms with Gasteiger partial charge in [-0.2, -0.15) is 0 Å². The summed E-state index contributed by atoms with van der Waals surface area (Å²) >= 11 is 0. The van der Waals surface area contributed by atoms with E-state index in [0.717, 1.165) is 18.6 Å². The minimum absolute atomic E-state index is 0.117. The van der Waals surface area contributed by atoms with Gasteiger partial charge in [0.05, 0.1) is 12.8 Å². The Morgan fingerprint density at radius 3 is 2.59 bits per heavy atom. The highest BCUT2D eigenvalue weighted by Crippen LogP contribution is 2.29. The van der Waals surface area contributed by atoms with Crippen LogP contribution in [0.25, 0.3) is 0 Å². The van der Waals surface area contributed by atoms with E-state index in [2.05, 4.69) is 11.4 Å². The Bertz CT molecular complexity index is 842. The summed E-state index contributed by atoms with van der Waals surface area (Å²) in [7, 11) is 0. The van der Waals surface area contributed by atoms with E-state index in [4.69, 9.17) is 9.15 Å². The maximum atomic E-state index is 12.4. The summed E-state index contributed by atoms with van der Waals surface area (Å²) in [6.45, 7) is 2.91. The fraction of sp³-hybridized carbons (Fsp3) is 0.455. The van der Waals surface area contributed by atoms with E-state index in [9.17, 15) is 9.59 Å². The zero-order valence-corrected chi connectivity index (χ0v) is 16.6. The first-order valence-corrected chi connectivity index (χ1v) is 10.3. The van der Waals surface area contributed by atoms with Gasteiger partial charge in [0.1, 0.15) is 12.4 Å². The second-order valence-corrected chi connectivity index (χ2v) is 7.44. The molecule has 7 nitrogen and oxygen atoms in total. The number of fused-ring (bicyclic) bond motifs is 1. The Morgan fingerprint density at radius 1 is 1.00 bits per heavy atom. The van der Waals surface area contributed by atoms with Gasteiger partial charge in [-0.25, -0.2) is 4.79 Å². The molecule has 29 heavy (non-hydrogen) atoms. The lowest BCUT2D eigenvalue weighted by Crippen LogP contribution is -2.53. The van der Waals surface area contributed by atoms with Crippen molar-refractivity contribution in [3.8, 4) is 5.75 Å². The molecule has 7 heteroatoms. The van der Waals surface area contributed by atoms with Crippen LogP contribution < -0.4 is 10.1 Å². The van der Waals surface area contributed by atoms with Crippen LogP contribution in [0, 0.1) is 0 Å². The van der Waals surface area contributed by atoms with Gasteiger partial charge in [0.15, 0.2) is 5.76 Å². The minimum Gasteiger partial charge on any atom is -0.491 e. The van der Waals surface area contributed by atoms with Gasteiger partial charge in [-0.3, -0.25) is 4.79 Å². The average Bonchev–Trinajstić information content (AvgIpc) is 3.31. The van der Waals surface area contributed by atoms with Gasteiger partial charge in [0.2, 0.25) is 0 Å². The zero-order valence-electron chi connectivity index (χ0n) is 16.6. The number of nitrogens with zero attached hydrogens (tertiary/aromatic N) is 2. The molecule has 1 aromatic heterocycles. The molecule has 1 N–H and O–H groups in total. The number of aryl methyl sites for hydroxylation is 1. The molecule has 1 fully saturated rings. The number of ether oxygens (including phenoxy) is 1. The van der Waals surface area contributed by atoms with Crippen molar-refractivity contribution in [3.63, 3.8) is 0 Å². The number of piperazine rings is 1. The number of benzene rings is 1. The van der Waals surface area contributed by atoms with Crippen LogP contribution in [0.4, 0.5) is 4.79 Å². The van der Waals surface area contributed by atoms with Crippen LogP contribution >= 0.6 is 0 Å². The quantitative estimate of drug-likeness (QED) is 0.788. The van der Waals surface area contributed by atoms with Crippen LogP contribution in [0.1, 0.15) is 34.5 Å². The predicted molar refractivity (Wildman–Crippen MR) is 108 cm³/mol. The van der Waals surface area contributed by atoms with E-state index < -0.39 is 0 Å². The monoisotopic (exact) mass is 397 g/mol. The molecule has 1 saturated heterocycles. The van der Waals surface area contributed by atoms with Gasteiger partial charge >= 0.3 is 6.03 Å². The number of carbonyl (C=O) groups excluding carboxylic acids is 2. The highest BCUT2D eigenvalue weighted by atomic mass is 16.5. The Hall–Kier alpha value is -2.96. The number of nitrogens with one attached hydrogen (secondary N) is 1. The molecule has 4 rings (SSSR count). The molecular formula is C22H27N3O4. The van der Waals surface area contributed by atoms with Crippen LogP contribution in [0.2, 0.25) is 0 Å². The summed E-state index contributed by atoms with van der Waals surface area (Å²) < 4.78 is 11.1. The third-order valence-electron chi connectivity index (χ3n) is 5.57. The number of amides is 3. The van der Waals surface area contributed by atoms with Gasteiger partial charge in [-0.15, -0.1) is 0 Å². The van der Waals surface area contributed by atoms with Gasteiger partial charge < -0.3 is 24.3 Å². The summed E-state index contributed by atoms with van der Waals surface area (Å²) in [6, 6.07) is 9.48. The van der Waals surface area contributed by atoms with Crippen molar-refractivity contribution in [2.24, 2.45) is 0 Å². The van der Waals surface area contributed by atoms with E-state index in [1.54, 1.807) is 21.9 Å². The third-order valence-corrected chi connectivity index (χ3v) is 5.57. The molecule has 0 bridgehead atoms. The first-order valence-electron chi connectivity index (χ1n) is 10.3. The number of urea groups is 1. The van der Waals surface area contributed by atoms with Crippen LogP contribution in [0.5, 0.6) is 5.75 Å². The number of furan rings is 1. The van der Waals surface area contributed by atoms with Gasteiger partial charge in [0.25, 0.3) is 5.91 Å². The molecule has 0 radical (unpaired) electrons. The number of hydrogen-bond donors (Lipinski definition) is 1. The molecule has 2 aromatic rings. The van der Waals surface area contributed by atoms with Crippen LogP contribution in [0.3, 0.4) is 0 Å². The van der Waals surface area contributed by atoms with Crippen LogP contribution in [-0.2, 0) is 12.8 Å². The Morgan fingerprint density at radius 2 is 1.79 bits per heavy atom. The molecule has 1 aromatic carbocycles. The van der Waals surface area contributed by atoms with E-state index in [1.165, 1.54) is 30.2 Å². The van der Waals surface area contributed by atoms with Crippen molar-refractivity contribution in [3.05, 3.63) is 53.5 Å². The average molecular weight is 397 g/mol. The molecule has 0 saturated carbocycles. The van der Waals surface area contributed by atoms with Crippen LogP contribution in [-0.4, -0.2) is 61.1 Å². The van der Waals surface area contributed by atoms with Crippen molar-refractivity contribution in [2.45, 2.75) is 25.7 Å². The van der Waals surface area contributed by atoms with E-state index >= 15 is 0 Å². The number of rotatable bonds is 5. The zero-order chi connectivity index (χ0) is 20.1. The molecular weight excluding hydrogens is 370 g/mol. The lowest BCUT2D eigenvalue weighted by molar-refractivity contribution is 0.0634.